The molecule has 0 fully saturated rings. The minimum Gasteiger partial charge on any atom is -0.321 e. The zero-order valence-corrected chi connectivity index (χ0v) is 10.4. The van der Waals surface area contributed by atoms with E-state index in [0.29, 0.717) is 23.1 Å². The summed E-state index contributed by atoms with van der Waals surface area (Å²) < 4.78 is 1.88. The number of nitrogens with one attached hydrogen (secondary N) is 1. The van der Waals surface area contributed by atoms with E-state index in [2.05, 4.69) is 15.5 Å². The Kier molecular flexibility index (Phi) is 3.51. The van der Waals surface area contributed by atoms with E-state index in [4.69, 9.17) is 23.3 Å². The van der Waals surface area contributed by atoms with Crippen molar-refractivity contribution in [2.24, 2.45) is 16.8 Å². The molecular formula is C9H16ClN7. The second-order valence-corrected chi connectivity index (χ2v) is 4.30. The van der Waals surface area contributed by atoms with Gasteiger partial charge in [0.1, 0.15) is 5.69 Å². The molecule has 1 aromatic heterocycles. The fourth-order valence-corrected chi connectivity index (χ4v) is 2.14. The number of hydrogen-bond acceptors (Lipinski definition) is 5. The smallest absolute Gasteiger partial charge is 0.191 e. The molecule has 8 heteroatoms. The zero-order valence-electron chi connectivity index (χ0n) is 9.65. The Hall–Kier alpha value is -1.31. The van der Waals surface area contributed by atoms with E-state index in [1.165, 1.54) is 5.01 Å². The highest BCUT2D eigenvalue weighted by molar-refractivity contribution is 6.34. The fraction of sp³-hybridized carbons (Fsp3) is 0.556. The zero-order chi connectivity index (χ0) is 12.4. The summed E-state index contributed by atoms with van der Waals surface area (Å²) in [6, 6.07) is 0. The van der Waals surface area contributed by atoms with E-state index < -0.39 is 0 Å². The fourth-order valence-electron chi connectivity index (χ4n) is 1.85. The van der Waals surface area contributed by atoms with E-state index >= 15 is 0 Å². The molecule has 2 rings (SSSR count). The van der Waals surface area contributed by atoms with Crippen molar-refractivity contribution >= 4 is 17.4 Å². The van der Waals surface area contributed by atoms with Crippen LogP contribution in [0.3, 0.4) is 0 Å². The molecule has 1 aliphatic heterocycles. The summed E-state index contributed by atoms with van der Waals surface area (Å²) >= 11 is 6.29. The summed E-state index contributed by atoms with van der Waals surface area (Å²) in [7, 11) is 1.64. The van der Waals surface area contributed by atoms with Gasteiger partial charge in [0.2, 0.25) is 0 Å². The van der Waals surface area contributed by atoms with Gasteiger partial charge in [-0.3, -0.25) is 9.69 Å². The number of nitrogens with two attached hydrogens (primary N) is 2. The Balaban J connectivity index is 2.43. The lowest BCUT2D eigenvalue weighted by atomic mass is 10.3. The van der Waals surface area contributed by atoms with Crippen LogP contribution in [-0.2, 0) is 13.1 Å². The van der Waals surface area contributed by atoms with Crippen molar-refractivity contribution in [3.63, 3.8) is 0 Å². The lowest BCUT2D eigenvalue weighted by Gasteiger charge is -2.12. The number of hydrazone groups is 1. The van der Waals surface area contributed by atoms with E-state index in [9.17, 15) is 0 Å². The van der Waals surface area contributed by atoms with Gasteiger partial charge in [0, 0.05) is 20.1 Å². The van der Waals surface area contributed by atoms with Gasteiger partial charge in [-0.05, 0) is 13.0 Å². The van der Waals surface area contributed by atoms with Crippen LogP contribution in [-0.4, -0.2) is 34.2 Å². The molecule has 0 amide bonds. The molecule has 0 radical (unpaired) electrons. The van der Waals surface area contributed by atoms with E-state index in [-0.39, 0.29) is 0 Å². The SMILES string of the molecule is CN(N)/C(=N\N)c1nn2c(c1Cl)CNCCC2. The van der Waals surface area contributed by atoms with Crippen LogP contribution in [0.4, 0.5) is 0 Å². The van der Waals surface area contributed by atoms with E-state index in [1.807, 2.05) is 4.68 Å². The highest BCUT2D eigenvalue weighted by Crippen LogP contribution is 2.23. The average Bonchev–Trinajstić information content (AvgIpc) is 2.51. The van der Waals surface area contributed by atoms with Crippen LogP contribution >= 0.6 is 11.6 Å². The Labute approximate surface area is 104 Å². The second-order valence-electron chi connectivity index (χ2n) is 3.93. The average molecular weight is 258 g/mol. The molecule has 94 valence electrons. The summed E-state index contributed by atoms with van der Waals surface area (Å²) in [6.07, 6.45) is 1.01. The van der Waals surface area contributed by atoms with Crippen molar-refractivity contribution in [2.75, 3.05) is 13.6 Å². The minimum atomic E-state index is 0.371. The van der Waals surface area contributed by atoms with Crippen molar-refractivity contribution in [3.8, 4) is 0 Å². The molecule has 0 bridgehead atoms. The van der Waals surface area contributed by atoms with Gasteiger partial charge in [-0.25, -0.2) is 5.84 Å². The van der Waals surface area contributed by atoms with Crippen LogP contribution in [0.15, 0.2) is 5.10 Å². The molecule has 0 aliphatic carbocycles. The van der Waals surface area contributed by atoms with Crippen molar-refractivity contribution < 1.29 is 0 Å². The Morgan fingerprint density at radius 3 is 3.06 bits per heavy atom. The normalized spacial score (nSPS) is 16.5. The van der Waals surface area contributed by atoms with Gasteiger partial charge in [-0.15, -0.1) is 0 Å². The standard InChI is InChI=1S/C9H16ClN7/c1-16(12)9(14-11)8-7(10)6-5-13-3-2-4-17(6)15-8/h13H,2-5,11-12H2,1H3/b14-9-. The molecule has 1 aliphatic rings. The van der Waals surface area contributed by atoms with Crippen LogP contribution < -0.4 is 17.0 Å². The molecule has 2 heterocycles. The third-order valence-corrected chi connectivity index (χ3v) is 3.07. The molecule has 1 aromatic rings. The van der Waals surface area contributed by atoms with Crippen LogP contribution in [0.1, 0.15) is 17.8 Å². The summed E-state index contributed by atoms with van der Waals surface area (Å²) in [5.74, 6) is 11.3. The maximum absolute atomic E-state index is 6.29. The van der Waals surface area contributed by atoms with Crippen LogP contribution in [0.25, 0.3) is 0 Å². The third-order valence-electron chi connectivity index (χ3n) is 2.68. The molecule has 0 saturated carbocycles. The van der Waals surface area contributed by atoms with Crippen molar-refractivity contribution in [3.05, 3.63) is 16.4 Å². The van der Waals surface area contributed by atoms with Gasteiger partial charge in [-0.1, -0.05) is 11.6 Å². The van der Waals surface area contributed by atoms with Gasteiger partial charge in [0.15, 0.2) is 5.84 Å². The maximum Gasteiger partial charge on any atom is 0.191 e. The van der Waals surface area contributed by atoms with E-state index in [1.54, 1.807) is 7.05 Å². The predicted octanol–water partition coefficient (Wildman–Crippen LogP) is -0.544. The molecule has 0 spiro atoms. The summed E-state index contributed by atoms with van der Waals surface area (Å²) in [4.78, 5) is 0. The lowest BCUT2D eigenvalue weighted by molar-refractivity contribution is 0.531. The molecule has 5 N–H and O–H groups in total. The summed E-state index contributed by atoms with van der Waals surface area (Å²) in [5.41, 5.74) is 1.47. The first-order chi connectivity index (χ1) is 8.15. The van der Waals surface area contributed by atoms with Gasteiger partial charge >= 0.3 is 0 Å². The number of fused-ring (bicyclic) bond motifs is 1. The number of nitrogens with zero attached hydrogens (tertiary/aromatic N) is 4. The Bertz CT molecular complexity index is 437. The van der Waals surface area contributed by atoms with E-state index in [0.717, 1.165) is 25.2 Å². The number of hydrogen-bond donors (Lipinski definition) is 3. The highest BCUT2D eigenvalue weighted by Gasteiger charge is 2.22. The number of halogens is 1. The van der Waals surface area contributed by atoms with Crippen LogP contribution in [0.5, 0.6) is 0 Å². The van der Waals surface area contributed by atoms with Crippen LogP contribution in [0.2, 0.25) is 5.02 Å². The van der Waals surface area contributed by atoms with Crippen molar-refractivity contribution in [2.45, 2.75) is 19.5 Å². The van der Waals surface area contributed by atoms with Gasteiger partial charge in [0.25, 0.3) is 0 Å². The second kappa shape index (κ2) is 4.91. The first-order valence-corrected chi connectivity index (χ1v) is 5.75. The number of rotatable bonds is 1. The number of aryl methyl sites for hydroxylation is 1. The first-order valence-electron chi connectivity index (χ1n) is 5.37. The van der Waals surface area contributed by atoms with Gasteiger partial charge in [0.05, 0.1) is 10.7 Å². The number of amidine groups is 1. The first kappa shape index (κ1) is 12.2. The van der Waals surface area contributed by atoms with Crippen molar-refractivity contribution in [1.82, 2.24) is 20.1 Å². The molecule has 7 nitrogen and oxygen atoms in total. The molecule has 0 atom stereocenters. The highest BCUT2D eigenvalue weighted by atomic mass is 35.5. The largest absolute Gasteiger partial charge is 0.321 e. The summed E-state index contributed by atoms with van der Waals surface area (Å²) in [6.45, 7) is 2.48. The molecular weight excluding hydrogens is 242 g/mol. The summed E-state index contributed by atoms with van der Waals surface area (Å²) in [5, 5.41) is 13.2. The quantitative estimate of drug-likeness (QED) is 0.272. The number of aromatic nitrogens is 2. The molecule has 0 saturated heterocycles. The van der Waals surface area contributed by atoms with Gasteiger partial charge < -0.3 is 11.2 Å². The Morgan fingerprint density at radius 2 is 2.41 bits per heavy atom. The Morgan fingerprint density at radius 1 is 1.65 bits per heavy atom. The predicted molar refractivity (Wildman–Crippen MR) is 66.2 cm³/mol. The molecule has 17 heavy (non-hydrogen) atoms. The van der Waals surface area contributed by atoms with Crippen LogP contribution in [0, 0.1) is 0 Å². The van der Waals surface area contributed by atoms with Crippen molar-refractivity contribution in [1.29, 1.82) is 0 Å². The minimum absolute atomic E-state index is 0.371. The molecule has 0 aromatic carbocycles. The lowest BCUT2D eigenvalue weighted by Crippen LogP contribution is -2.35. The third kappa shape index (κ3) is 2.21. The maximum atomic E-state index is 6.29. The topological polar surface area (TPSA) is 97.5 Å². The van der Waals surface area contributed by atoms with Gasteiger partial charge in [-0.2, -0.15) is 10.2 Å². The molecule has 0 unspecified atom stereocenters. The number of hydrazine groups is 1. The monoisotopic (exact) mass is 257 g/mol.